The molecule has 2 N–H and O–H groups in total. The maximum absolute atomic E-state index is 12.2. The Hall–Kier alpha value is -1.10. The molecule has 0 aromatic rings. The molecule has 0 spiro atoms. The second-order valence-electron chi connectivity index (χ2n) is 5.65. The number of aliphatic carboxylic acids is 1. The average Bonchev–Trinajstić information content (AvgIpc) is 2.61. The number of carbonyl (C=O) groups is 2. The lowest BCUT2D eigenvalue weighted by Gasteiger charge is -2.32. The molecule has 0 saturated carbocycles. The van der Waals surface area contributed by atoms with Crippen molar-refractivity contribution in [2.75, 3.05) is 13.2 Å². The van der Waals surface area contributed by atoms with Crippen molar-refractivity contribution in [3.05, 3.63) is 0 Å². The summed E-state index contributed by atoms with van der Waals surface area (Å²) in [6.07, 6.45) is 1.58. The Balaban J connectivity index is 2.89. The van der Waals surface area contributed by atoms with Gasteiger partial charge in [-0.15, -0.1) is 0 Å². The van der Waals surface area contributed by atoms with E-state index < -0.39 is 17.3 Å². The average molecular weight is 243 g/mol. The molecule has 1 saturated heterocycles. The van der Waals surface area contributed by atoms with Crippen LogP contribution in [-0.4, -0.2) is 46.2 Å². The Labute approximate surface area is 101 Å². The second kappa shape index (κ2) is 5.04. The van der Waals surface area contributed by atoms with Gasteiger partial charge in [-0.3, -0.25) is 9.59 Å². The minimum atomic E-state index is -1.09. The summed E-state index contributed by atoms with van der Waals surface area (Å²) >= 11 is 0. The zero-order valence-corrected chi connectivity index (χ0v) is 10.6. The molecular formula is C12H21NO4. The third-order valence-corrected chi connectivity index (χ3v) is 3.23. The quantitative estimate of drug-likeness (QED) is 0.716. The second-order valence-corrected chi connectivity index (χ2v) is 5.65. The highest BCUT2D eigenvalue weighted by Gasteiger charge is 2.42. The summed E-state index contributed by atoms with van der Waals surface area (Å²) in [6, 6.07) is -0.216. The number of aliphatic hydroxyl groups excluding tert-OH is 1. The topological polar surface area (TPSA) is 77.8 Å². The van der Waals surface area contributed by atoms with Gasteiger partial charge in [-0.25, -0.2) is 0 Å². The highest BCUT2D eigenvalue weighted by Crippen LogP contribution is 2.30. The van der Waals surface area contributed by atoms with Crippen LogP contribution in [0.1, 0.15) is 33.6 Å². The molecular weight excluding hydrogens is 222 g/mol. The van der Waals surface area contributed by atoms with E-state index in [1.54, 1.807) is 20.8 Å². The fourth-order valence-electron chi connectivity index (χ4n) is 2.33. The maximum atomic E-state index is 12.2. The van der Waals surface area contributed by atoms with Crippen molar-refractivity contribution in [1.82, 2.24) is 4.90 Å². The van der Waals surface area contributed by atoms with E-state index >= 15 is 0 Å². The van der Waals surface area contributed by atoms with Crippen LogP contribution in [-0.2, 0) is 9.59 Å². The largest absolute Gasteiger partial charge is 0.481 e. The summed E-state index contributed by atoms with van der Waals surface area (Å²) in [4.78, 5) is 25.0. The Morgan fingerprint density at radius 3 is 2.41 bits per heavy atom. The number of aliphatic hydroxyl groups is 1. The van der Waals surface area contributed by atoms with Crippen molar-refractivity contribution in [2.24, 2.45) is 11.3 Å². The number of nitrogens with zero attached hydrogens (tertiary/aromatic N) is 1. The zero-order chi connectivity index (χ0) is 13.2. The van der Waals surface area contributed by atoms with Gasteiger partial charge < -0.3 is 15.1 Å². The van der Waals surface area contributed by atoms with Gasteiger partial charge in [0.2, 0.25) is 5.91 Å². The SMILES string of the molecule is CC(C)(C)C(C(=O)O)C(=O)N1CCCC1CO. The van der Waals surface area contributed by atoms with Crippen molar-refractivity contribution >= 4 is 11.9 Å². The van der Waals surface area contributed by atoms with Gasteiger partial charge in [0.1, 0.15) is 5.92 Å². The molecule has 1 aliphatic heterocycles. The standard InChI is InChI=1S/C12H21NO4/c1-12(2,3)9(11(16)17)10(15)13-6-4-5-8(13)7-14/h8-9,14H,4-7H2,1-3H3,(H,16,17). The van der Waals surface area contributed by atoms with E-state index in [1.165, 1.54) is 4.90 Å². The summed E-state index contributed by atoms with van der Waals surface area (Å²) in [7, 11) is 0. The number of hydrogen-bond donors (Lipinski definition) is 2. The van der Waals surface area contributed by atoms with Gasteiger partial charge in [0, 0.05) is 6.54 Å². The van der Waals surface area contributed by atoms with Gasteiger partial charge in [0.05, 0.1) is 12.6 Å². The summed E-state index contributed by atoms with van der Waals surface area (Å²) in [6.45, 7) is 5.68. The van der Waals surface area contributed by atoms with Crippen LogP contribution < -0.4 is 0 Å². The van der Waals surface area contributed by atoms with Crippen molar-refractivity contribution in [1.29, 1.82) is 0 Å². The number of carbonyl (C=O) groups excluding carboxylic acids is 1. The van der Waals surface area contributed by atoms with Crippen LogP contribution in [0.4, 0.5) is 0 Å². The minimum absolute atomic E-state index is 0.0950. The summed E-state index contributed by atoms with van der Waals surface area (Å²) in [5.74, 6) is -2.51. The first-order valence-electron chi connectivity index (χ1n) is 5.93. The predicted molar refractivity (Wildman–Crippen MR) is 62.4 cm³/mol. The Bertz CT molecular complexity index is 308. The van der Waals surface area contributed by atoms with Gasteiger partial charge in [-0.1, -0.05) is 20.8 Å². The molecule has 1 heterocycles. The van der Waals surface area contributed by atoms with Gasteiger partial charge in [-0.05, 0) is 18.3 Å². The Morgan fingerprint density at radius 1 is 1.41 bits per heavy atom. The highest BCUT2D eigenvalue weighted by atomic mass is 16.4. The number of hydrogen-bond acceptors (Lipinski definition) is 3. The molecule has 2 unspecified atom stereocenters. The molecule has 17 heavy (non-hydrogen) atoms. The summed E-state index contributed by atoms with van der Waals surface area (Å²) < 4.78 is 0. The molecule has 0 aliphatic carbocycles. The smallest absolute Gasteiger partial charge is 0.316 e. The molecule has 1 amide bonds. The first kappa shape index (κ1) is 14.0. The number of carboxylic acid groups (broad SMARTS) is 1. The normalized spacial score (nSPS) is 22.6. The number of carboxylic acids is 1. The third-order valence-electron chi connectivity index (χ3n) is 3.23. The van der Waals surface area contributed by atoms with Crippen molar-refractivity contribution in [3.8, 4) is 0 Å². The first-order valence-corrected chi connectivity index (χ1v) is 5.93. The number of likely N-dealkylation sites (tertiary alicyclic amines) is 1. The highest BCUT2D eigenvalue weighted by molar-refractivity contribution is 5.98. The van der Waals surface area contributed by atoms with E-state index in [0.29, 0.717) is 6.54 Å². The lowest BCUT2D eigenvalue weighted by Crippen LogP contribution is -2.47. The third kappa shape index (κ3) is 2.97. The van der Waals surface area contributed by atoms with E-state index in [0.717, 1.165) is 12.8 Å². The fraction of sp³-hybridized carbons (Fsp3) is 0.833. The van der Waals surface area contributed by atoms with Crippen LogP contribution in [0.15, 0.2) is 0 Å². The fourth-order valence-corrected chi connectivity index (χ4v) is 2.33. The van der Waals surface area contributed by atoms with Crippen molar-refractivity contribution in [2.45, 2.75) is 39.7 Å². The van der Waals surface area contributed by atoms with Crippen molar-refractivity contribution in [3.63, 3.8) is 0 Å². The maximum Gasteiger partial charge on any atom is 0.316 e. The molecule has 5 nitrogen and oxygen atoms in total. The molecule has 5 heteroatoms. The first-order chi connectivity index (χ1) is 7.79. The molecule has 0 radical (unpaired) electrons. The molecule has 1 rings (SSSR count). The Morgan fingerprint density at radius 2 is 2.00 bits per heavy atom. The van der Waals surface area contributed by atoms with Crippen LogP contribution >= 0.6 is 0 Å². The Kier molecular flexibility index (Phi) is 4.14. The number of amides is 1. The molecule has 1 aliphatic rings. The van der Waals surface area contributed by atoms with E-state index in [2.05, 4.69) is 0 Å². The molecule has 1 fully saturated rings. The van der Waals surface area contributed by atoms with E-state index in [-0.39, 0.29) is 18.6 Å². The number of rotatable bonds is 3. The van der Waals surface area contributed by atoms with E-state index in [9.17, 15) is 14.7 Å². The van der Waals surface area contributed by atoms with E-state index in [4.69, 9.17) is 5.11 Å². The van der Waals surface area contributed by atoms with Crippen LogP contribution in [0.5, 0.6) is 0 Å². The molecule has 0 bridgehead atoms. The van der Waals surface area contributed by atoms with Crippen LogP contribution in [0.25, 0.3) is 0 Å². The van der Waals surface area contributed by atoms with Crippen LogP contribution in [0.2, 0.25) is 0 Å². The van der Waals surface area contributed by atoms with Crippen LogP contribution in [0, 0.1) is 11.3 Å². The lowest BCUT2D eigenvalue weighted by atomic mass is 9.79. The summed E-state index contributed by atoms with van der Waals surface area (Å²) in [5.41, 5.74) is -0.620. The van der Waals surface area contributed by atoms with Crippen molar-refractivity contribution < 1.29 is 19.8 Å². The molecule has 98 valence electrons. The lowest BCUT2D eigenvalue weighted by molar-refractivity contribution is -0.156. The van der Waals surface area contributed by atoms with E-state index in [1.807, 2.05) is 0 Å². The van der Waals surface area contributed by atoms with Crippen LogP contribution in [0.3, 0.4) is 0 Å². The predicted octanol–water partition coefficient (Wildman–Crippen LogP) is 0.717. The zero-order valence-electron chi connectivity index (χ0n) is 10.6. The minimum Gasteiger partial charge on any atom is -0.481 e. The molecule has 2 atom stereocenters. The monoisotopic (exact) mass is 243 g/mol. The van der Waals surface area contributed by atoms with Gasteiger partial charge in [0.25, 0.3) is 0 Å². The molecule has 0 aromatic carbocycles. The summed E-state index contributed by atoms with van der Waals surface area (Å²) in [5, 5.41) is 18.4. The van der Waals surface area contributed by atoms with Gasteiger partial charge >= 0.3 is 5.97 Å². The molecule has 0 aromatic heterocycles. The van der Waals surface area contributed by atoms with Gasteiger partial charge in [0.15, 0.2) is 0 Å². The van der Waals surface area contributed by atoms with Gasteiger partial charge in [-0.2, -0.15) is 0 Å².